The summed E-state index contributed by atoms with van der Waals surface area (Å²) in [4.78, 5) is 0. The predicted molar refractivity (Wildman–Crippen MR) is 76.1 cm³/mol. The maximum atomic E-state index is 14.2. The van der Waals surface area contributed by atoms with Gasteiger partial charge in [0.05, 0.1) is 0 Å². The first kappa shape index (κ1) is 21.6. The Bertz CT molecular complexity index is 629. The molecule has 0 aromatic carbocycles. The molecule has 1 heterocycles. The minimum atomic E-state index is -6.79. The summed E-state index contributed by atoms with van der Waals surface area (Å²) in [5.74, 6) is -19.2. The molecular formula is C14H19F8NO2S. The highest BCUT2D eigenvalue weighted by atomic mass is 32.2. The molecule has 26 heavy (non-hydrogen) atoms. The second kappa shape index (κ2) is 6.46. The Kier molecular flexibility index (Phi) is 5.37. The molecule has 3 nitrogen and oxygen atoms in total. The largest absolute Gasteiger partial charge is 0.427 e. The summed E-state index contributed by atoms with van der Waals surface area (Å²) < 4.78 is 133. The van der Waals surface area contributed by atoms with Crippen LogP contribution in [0.15, 0.2) is 0 Å². The maximum Gasteiger partial charge on any atom is 0.427 e. The Labute approximate surface area is 145 Å². The van der Waals surface area contributed by atoms with E-state index in [0.29, 0.717) is 25.7 Å². The third kappa shape index (κ3) is 3.00. The van der Waals surface area contributed by atoms with Crippen LogP contribution in [0.2, 0.25) is 0 Å². The third-order valence-corrected chi connectivity index (χ3v) is 7.11. The molecule has 1 aliphatic carbocycles. The normalized spacial score (nSPS) is 27.3. The molecule has 1 saturated carbocycles. The van der Waals surface area contributed by atoms with E-state index in [4.69, 9.17) is 0 Å². The van der Waals surface area contributed by atoms with E-state index < -0.39 is 52.6 Å². The van der Waals surface area contributed by atoms with Crippen LogP contribution in [0.3, 0.4) is 0 Å². The van der Waals surface area contributed by atoms with Gasteiger partial charge in [0.2, 0.25) is 0 Å². The van der Waals surface area contributed by atoms with E-state index >= 15 is 0 Å². The van der Waals surface area contributed by atoms with Crippen LogP contribution in [0.1, 0.15) is 45.4 Å². The standard InChI is InChI=1S/C14H19F8NO2S/c1-11(15,16)12(17,18)13(19,20)14(21,22)26(24,25)23-8-4-6-9-5-2-3-7-10(9)23/h9-10H,2-8H2,1H3. The third-order valence-electron chi connectivity index (χ3n) is 5.14. The van der Waals surface area contributed by atoms with Crippen LogP contribution >= 0.6 is 0 Å². The first-order valence-corrected chi connectivity index (χ1v) is 9.55. The lowest BCUT2D eigenvalue weighted by Gasteiger charge is -2.45. The number of alkyl halides is 8. The lowest BCUT2D eigenvalue weighted by molar-refractivity contribution is -0.343. The highest BCUT2D eigenvalue weighted by Crippen LogP contribution is 2.55. The molecule has 154 valence electrons. The van der Waals surface area contributed by atoms with Crippen molar-refractivity contribution in [2.45, 2.75) is 74.5 Å². The Balaban J connectivity index is 2.45. The Hall–Kier alpha value is -0.650. The minimum Gasteiger partial charge on any atom is -0.206 e. The average molecular weight is 417 g/mol. The monoisotopic (exact) mass is 417 g/mol. The van der Waals surface area contributed by atoms with Gasteiger partial charge < -0.3 is 0 Å². The zero-order valence-electron chi connectivity index (χ0n) is 13.8. The van der Waals surface area contributed by atoms with Gasteiger partial charge in [-0.3, -0.25) is 0 Å². The van der Waals surface area contributed by atoms with Crippen LogP contribution in [-0.2, 0) is 10.0 Å². The van der Waals surface area contributed by atoms with Crippen molar-refractivity contribution in [3.63, 3.8) is 0 Å². The molecule has 0 bridgehead atoms. The van der Waals surface area contributed by atoms with Gasteiger partial charge in [-0.15, -0.1) is 0 Å². The molecule has 12 heteroatoms. The number of hydrogen-bond donors (Lipinski definition) is 0. The van der Waals surface area contributed by atoms with Gasteiger partial charge in [-0.25, -0.2) is 8.42 Å². The zero-order valence-corrected chi connectivity index (χ0v) is 14.6. The summed E-state index contributed by atoms with van der Waals surface area (Å²) in [7, 11) is -6.30. The number of fused-ring (bicyclic) bond motifs is 1. The SMILES string of the molecule is CC(F)(F)C(F)(F)C(F)(F)C(F)(F)S(=O)(=O)N1CCCC2CCCCC21. The Morgan fingerprint density at radius 3 is 1.85 bits per heavy atom. The quantitative estimate of drug-likeness (QED) is 0.619. The molecule has 2 atom stereocenters. The van der Waals surface area contributed by atoms with E-state index in [1.807, 2.05) is 0 Å². The van der Waals surface area contributed by atoms with Crippen LogP contribution in [0, 0.1) is 5.92 Å². The van der Waals surface area contributed by atoms with Crippen LogP contribution in [0.4, 0.5) is 35.1 Å². The fourth-order valence-electron chi connectivity index (χ4n) is 3.65. The average Bonchev–Trinajstić information content (AvgIpc) is 2.52. The molecule has 2 fully saturated rings. The molecule has 0 amide bonds. The number of halogens is 8. The second-order valence-corrected chi connectivity index (χ2v) is 8.86. The second-order valence-electron chi connectivity index (χ2n) is 6.92. The summed E-state index contributed by atoms with van der Waals surface area (Å²) in [6, 6.07) is -1.01. The van der Waals surface area contributed by atoms with Crippen LogP contribution < -0.4 is 0 Å². The van der Waals surface area contributed by atoms with E-state index in [2.05, 4.69) is 0 Å². The van der Waals surface area contributed by atoms with Crippen molar-refractivity contribution in [3.8, 4) is 0 Å². The Morgan fingerprint density at radius 2 is 1.31 bits per heavy atom. The lowest BCUT2D eigenvalue weighted by atomic mass is 9.79. The molecule has 2 aliphatic rings. The van der Waals surface area contributed by atoms with Gasteiger partial charge >= 0.3 is 23.0 Å². The van der Waals surface area contributed by atoms with Gasteiger partial charge in [-0.1, -0.05) is 12.8 Å². The van der Waals surface area contributed by atoms with Gasteiger partial charge in [0.1, 0.15) is 0 Å². The molecular weight excluding hydrogens is 398 g/mol. The highest BCUT2D eigenvalue weighted by Gasteiger charge is 2.83. The van der Waals surface area contributed by atoms with Gasteiger partial charge in [-0.2, -0.15) is 39.4 Å². The van der Waals surface area contributed by atoms with Gasteiger partial charge in [0.25, 0.3) is 10.0 Å². The summed E-state index contributed by atoms with van der Waals surface area (Å²) in [5, 5.41) is -6.39. The van der Waals surface area contributed by atoms with Crippen molar-refractivity contribution in [2.75, 3.05) is 6.54 Å². The fraction of sp³-hybridized carbons (Fsp3) is 1.00. The number of hydrogen-bond acceptors (Lipinski definition) is 2. The molecule has 0 aromatic rings. The van der Waals surface area contributed by atoms with Crippen molar-refractivity contribution in [1.29, 1.82) is 0 Å². The van der Waals surface area contributed by atoms with Gasteiger partial charge in [0.15, 0.2) is 0 Å². The Morgan fingerprint density at radius 1 is 0.808 bits per heavy atom. The highest BCUT2D eigenvalue weighted by molar-refractivity contribution is 7.90. The van der Waals surface area contributed by atoms with Crippen LogP contribution in [0.25, 0.3) is 0 Å². The van der Waals surface area contributed by atoms with Gasteiger partial charge in [0, 0.05) is 19.5 Å². The first-order chi connectivity index (χ1) is 11.6. The summed E-state index contributed by atoms with van der Waals surface area (Å²) in [5.41, 5.74) is 0. The van der Waals surface area contributed by atoms with E-state index in [1.54, 1.807) is 0 Å². The zero-order chi connectivity index (χ0) is 20.2. The van der Waals surface area contributed by atoms with Gasteiger partial charge in [-0.05, 0) is 31.6 Å². The van der Waals surface area contributed by atoms with Crippen LogP contribution in [0.5, 0.6) is 0 Å². The first-order valence-electron chi connectivity index (χ1n) is 8.11. The molecule has 0 N–H and O–H groups in total. The topological polar surface area (TPSA) is 37.4 Å². The molecule has 1 saturated heterocycles. The molecule has 2 rings (SSSR count). The fourth-order valence-corrected chi connectivity index (χ4v) is 5.40. The smallest absolute Gasteiger partial charge is 0.206 e. The van der Waals surface area contributed by atoms with E-state index in [-0.39, 0.29) is 23.1 Å². The number of piperidine rings is 1. The number of sulfonamides is 1. The van der Waals surface area contributed by atoms with E-state index in [9.17, 15) is 43.5 Å². The summed E-state index contributed by atoms with van der Waals surface area (Å²) >= 11 is 0. The van der Waals surface area contributed by atoms with Crippen molar-refractivity contribution in [2.24, 2.45) is 5.92 Å². The molecule has 1 aliphatic heterocycles. The maximum absolute atomic E-state index is 14.2. The number of nitrogens with zero attached hydrogens (tertiary/aromatic N) is 1. The van der Waals surface area contributed by atoms with Crippen molar-refractivity contribution in [3.05, 3.63) is 0 Å². The van der Waals surface area contributed by atoms with Crippen molar-refractivity contribution < 1.29 is 43.5 Å². The number of rotatable bonds is 5. The van der Waals surface area contributed by atoms with E-state index in [1.165, 1.54) is 0 Å². The van der Waals surface area contributed by atoms with Crippen LogP contribution in [-0.4, -0.2) is 48.3 Å². The summed E-state index contributed by atoms with van der Waals surface area (Å²) in [6.07, 6.45) is 2.41. The predicted octanol–water partition coefficient (Wildman–Crippen LogP) is 4.49. The minimum absolute atomic E-state index is 0.0996. The molecule has 0 radical (unpaired) electrons. The van der Waals surface area contributed by atoms with Crippen molar-refractivity contribution in [1.82, 2.24) is 4.31 Å². The lowest BCUT2D eigenvalue weighted by Crippen LogP contribution is -2.67. The van der Waals surface area contributed by atoms with E-state index in [0.717, 1.165) is 0 Å². The summed E-state index contributed by atoms with van der Waals surface area (Å²) in [6.45, 7) is -1.20. The molecule has 2 unspecified atom stereocenters. The van der Waals surface area contributed by atoms with Crippen molar-refractivity contribution >= 4 is 10.0 Å². The molecule has 0 spiro atoms. The molecule has 0 aromatic heterocycles.